The van der Waals surface area contributed by atoms with Crippen molar-refractivity contribution in [3.05, 3.63) is 67.0 Å². The monoisotopic (exact) mass is 282 g/mol. The van der Waals surface area contributed by atoms with E-state index in [2.05, 4.69) is 15.1 Å². The Hall–Kier alpha value is -2.73. The molecule has 0 saturated heterocycles. The van der Waals surface area contributed by atoms with Crippen molar-refractivity contribution in [3.63, 3.8) is 0 Å². The van der Waals surface area contributed by atoms with Crippen molar-refractivity contribution in [3.8, 4) is 11.5 Å². The molecule has 21 heavy (non-hydrogen) atoms. The fourth-order valence-electron chi connectivity index (χ4n) is 1.95. The third-order valence-corrected chi connectivity index (χ3v) is 2.91. The van der Waals surface area contributed by atoms with Crippen molar-refractivity contribution >= 4 is 0 Å². The minimum absolute atomic E-state index is 0.266. The van der Waals surface area contributed by atoms with E-state index in [0.29, 0.717) is 17.2 Å². The lowest BCUT2D eigenvalue weighted by Crippen LogP contribution is -2.11. The number of pyridine rings is 1. The summed E-state index contributed by atoms with van der Waals surface area (Å²) < 4.78 is 7.33. The molecular weight excluding hydrogens is 268 g/mol. The summed E-state index contributed by atoms with van der Waals surface area (Å²) in [6.45, 7) is 0.266. The topological polar surface area (TPSA) is 73.1 Å². The second kappa shape index (κ2) is 6.15. The summed E-state index contributed by atoms with van der Waals surface area (Å²) in [6.07, 6.45) is 3.76. The van der Waals surface area contributed by atoms with Crippen LogP contribution in [0.3, 0.4) is 0 Å². The van der Waals surface area contributed by atoms with Gasteiger partial charge in [-0.25, -0.2) is 9.67 Å². The lowest BCUT2D eigenvalue weighted by atomic mass is 10.2. The zero-order valence-corrected chi connectivity index (χ0v) is 11.2. The molecule has 1 unspecified atom stereocenters. The molecule has 106 valence electrons. The summed E-state index contributed by atoms with van der Waals surface area (Å²) in [6, 6.07) is 12.9. The number of rotatable bonds is 5. The lowest BCUT2D eigenvalue weighted by Gasteiger charge is -2.14. The minimum atomic E-state index is -0.827. The zero-order valence-electron chi connectivity index (χ0n) is 11.2. The molecule has 0 bridgehead atoms. The molecule has 0 saturated carbocycles. The van der Waals surface area contributed by atoms with E-state index in [1.165, 1.54) is 6.33 Å². The van der Waals surface area contributed by atoms with E-state index in [1.807, 2.05) is 30.3 Å². The summed E-state index contributed by atoms with van der Waals surface area (Å²) >= 11 is 0. The van der Waals surface area contributed by atoms with Crippen molar-refractivity contribution in [1.82, 2.24) is 19.7 Å². The number of aliphatic hydroxyl groups excluding tert-OH is 1. The lowest BCUT2D eigenvalue weighted by molar-refractivity contribution is 0.144. The van der Waals surface area contributed by atoms with Crippen LogP contribution in [0, 0.1) is 0 Å². The number of ether oxygens (including phenoxy) is 1. The van der Waals surface area contributed by atoms with E-state index >= 15 is 0 Å². The number of hydrogen-bond acceptors (Lipinski definition) is 5. The summed E-state index contributed by atoms with van der Waals surface area (Å²) in [5.41, 5.74) is 0.469. The SMILES string of the molecule is OC(Cn1cncn1)c1ncccc1Oc1ccccc1. The van der Waals surface area contributed by atoms with Crippen molar-refractivity contribution in [2.45, 2.75) is 12.6 Å². The Balaban J connectivity index is 1.82. The van der Waals surface area contributed by atoms with Crippen LogP contribution in [0.25, 0.3) is 0 Å². The van der Waals surface area contributed by atoms with E-state index in [4.69, 9.17) is 4.74 Å². The molecular formula is C15H14N4O2. The molecule has 0 spiro atoms. The van der Waals surface area contributed by atoms with Gasteiger partial charge in [0.1, 0.15) is 30.2 Å². The Morgan fingerprint density at radius 3 is 2.76 bits per heavy atom. The van der Waals surface area contributed by atoms with Gasteiger partial charge in [0.15, 0.2) is 5.75 Å². The van der Waals surface area contributed by atoms with Gasteiger partial charge in [-0.2, -0.15) is 5.10 Å². The van der Waals surface area contributed by atoms with Crippen LogP contribution in [0.2, 0.25) is 0 Å². The smallest absolute Gasteiger partial charge is 0.151 e. The highest BCUT2D eigenvalue weighted by atomic mass is 16.5. The van der Waals surface area contributed by atoms with Crippen molar-refractivity contribution in [2.24, 2.45) is 0 Å². The third kappa shape index (κ3) is 3.24. The molecule has 0 aliphatic carbocycles. The van der Waals surface area contributed by atoms with Crippen LogP contribution in [0.1, 0.15) is 11.8 Å². The van der Waals surface area contributed by atoms with Gasteiger partial charge in [0.05, 0.1) is 6.54 Å². The van der Waals surface area contributed by atoms with Crippen LogP contribution in [0.4, 0.5) is 0 Å². The third-order valence-electron chi connectivity index (χ3n) is 2.91. The van der Waals surface area contributed by atoms with Gasteiger partial charge in [-0.05, 0) is 24.3 Å². The fraction of sp³-hybridized carbons (Fsp3) is 0.133. The fourth-order valence-corrected chi connectivity index (χ4v) is 1.95. The van der Waals surface area contributed by atoms with Gasteiger partial charge in [-0.3, -0.25) is 4.98 Å². The molecule has 6 heteroatoms. The number of para-hydroxylation sites is 1. The Bertz CT molecular complexity index is 686. The van der Waals surface area contributed by atoms with Crippen LogP contribution >= 0.6 is 0 Å². The maximum atomic E-state index is 10.3. The molecule has 3 rings (SSSR count). The van der Waals surface area contributed by atoms with Crippen molar-refractivity contribution in [1.29, 1.82) is 0 Å². The van der Waals surface area contributed by atoms with Gasteiger partial charge >= 0.3 is 0 Å². The van der Waals surface area contributed by atoms with Crippen LogP contribution in [0.5, 0.6) is 11.5 Å². The highest BCUT2D eigenvalue weighted by molar-refractivity contribution is 5.34. The summed E-state index contributed by atoms with van der Waals surface area (Å²) in [4.78, 5) is 8.07. The second-order valence-electron chi connectivity index (χ2n) is 4.44. The molecule has 1 N–H and O–H groups in total. The van der Waals surface area contributed by atoms with E-state index < -0.39 is 6.10 Å². The Labute approximate surface area is 121 Å². The first-order valence-electron chi connectivity index (χ1n) is 6.51. The van der Waals surface area contributed by atoms with Crippen molar-refractivity contribution < 1.29 is 9.84 Å². The van der Waals surface area contributed by atoms with Gasteiger partial charge in [0, 0.05) is 6.20 Å². The molecule has 0 radical (unpaired) electrons. The predicted molar refractivity (Wildman–Crippen MR) is 75.7 cm³/mol. The molecule has 6 nitrogen and oxygen atoms in total. The van der Waals surface area contributed by atoms with Crippen LogP contribution in [0.15, 0.2) is 61.3 Å². The maximum absolute atomic E-state index is 10.3. The van der Waals surface area contributed by atoms with Gasteiger partial charge in [0.2, 0.25) is 0 Å². The predicted octanol–water partition coefficient (Wildman–Crippen LogP) is 2.20. The van der Waals surface area contributed by atoms with Gasteiger partial charge in [-0.15, -0.1) is 0 Å². The number of aromatic nitrogens is 4. The van der Waals surface area contributed by atoms with Crippen LogP contribution < -0.4 is 4.74 Å². The molecule has 3 aromatic rings. The number of benzene rings is 1. The maximum Gasteiger partial charge on any atom is 0.151 e. The Morgan fingerprint density at radius 2 is 2.00 bits per heavy atom. The van der Waals surface area contributed by atoms with Crippen molar-refractivity contribution in [2.75, 3.05) is 0 Å². The number of hydrogen-bond donors (Lipinski definition) is 1. The number of aliphatic hydroxyl groups is 1. The molecule has 0 aliphatic rings. The first kappa shape index (κ1) is 13.3. The Kier molecular flexibility index (Phi) is 3.88. The summed E-state index contributed by atoms with van der Waals surface area (Å²) in [5.74, 6) is 1.22. The summed E-state index contributed by atoms with van der Waals surface area (Å²) in [7, 11) is 0. The van der Waals surface area contributed by atoms with E-state index in [9.17, 15) is 5.11 Å². The zero-order chi connectivity index (χ0) is 14.5. The molecule has 1 aromatic carbocycles. The van der Waals surface area contributed by atoms with Gasteiger partial charge in [-0.1, -0.05) is 18.2 Å². The highest BCUT2D eigenvalue weighted by Crippen LogP contribution is 2.28. The Morgan fingerprint density at radius 1 is 1.14 bits per heavy atom. The molecule has 0 fully saturated rings. The standard InChI is InChI=1S/C15H14N4O2/c20-13(9-19-11-16-10-18-19)15-14(7-4-8-17-15)21-12-5-2-1-3-6-12/h1-8,10-11,13,20H,9H2. The minimum Gasteiger partial charge on any atom is -0.455 e. The first-order valence-corrected chi connectivity index (χ1v) is 6.51. The van der Waals surface area contributed by atoms with Crippen LogP contribution in [-0.4, -0.2) is 24.9 Å². The highest BCUT2D eigenvalue weighted by Gasteiger charge is 2.16. The average molecular weight is 282 g/mol. The first-order chi connectivity index (χ1) is 10.3. The van der Waals surface area contributed by atoms with Crippen LogP contribution in [-0.2, 0) is 6.54 Å². The second-order valence-corrected chi connectivity index (χ2v) is 4.44. The molecule has 0 aliphatic heterocycles. The van der Waals surface area contributed by atoms with E-state index in [0.717, 1.165) is 0 Å². The average Bonchev–Trinajstić information content (AvgIpc) is 3.02. The van der Waals surface area contributed by atoms with E-state index in [1.54, 1.807) is 29.3 Å². The van der Waals surface area contributed by atoms with Gasteiger partial charge in [0.25, 0.3) is 0 Å². The quantitative estimate of drug-likeness (QED) is 0.776. The number of nitrogens with zero attached hydrogens (tertiary/aromatic N) is 4. The van der Waals surface area contributed by atoms with Gasteiger partial charge < -0.3 is 9.84 Å². The molecule has 0 amide bonds. The largest absolute Gasteiger partial charge is 0.455 e. The normalized spacial score (nSPS) is 12.0. The molecule has 1 atom stereocenters. The summed E-state index contributed by atoms with van der Waals surface area (Å²) in [5, 5.41) is 14.3. The molecule has 2 aromatic heterocycles. The molecule has 2 heterocycles. The van der Waals surface area contributed by atoms with E-state index in [-0.39, 0.29) is 6.54 Å².